The number of rotatable bonds is 4. The molecule has 0 aromatic heterocycles. The lowest BCUT2D eigenvalue weighted by Crippen LogP contribution is -2.08. The fourth-order valence-electron chi connectivity index (χ4n) is 1.93. The zero-order valence-electron chi connectivity index (χ0n) is 11.4. The summed E-state index contributed by atoms with van der Waals surface area (Å²) in [7, 11) is 1.24. The molecule has 0 amide bonds. The summed E-state index contributed by atoms with van der Waals surface area (Å²) in [4.78, 5) is 22.6. The Kier molecular flexibility index (Phi) is 4.46. The lowest BCUT2D eigenvalue weighted by Gasteiger charge is -2.05. The van der Waals surface area contributed by atoms with Crippen LogP contribution in [0.3, 0.4) is 0 Å². The van der Waals surface area contributed by atoms with E-state index in [1.165, 1.54) is 25.3 Å². The first-order chi connectivity index (χ1) is 10.1. The molecule has 0 spiro atoms. The van der Waals surface area contributed by atoms with E-state index in [0.717, 1.165) is 0 Å². The van der Waals surface area contributed by atoms with E-state index in [1.54, 1.807) is 36.4 Å². The van der Waals surface area contributed by atoms with Crippen LogP contribution < -0.4 is 0 Å². The first kappa shape index (κ1) is 14.5. The molecular weight excluding hydrogens is 270 g/mol. The quantitative estimate of drug-likeness (QED) is 0.374. The second-order valence-electron chi connectivity index (χ2n) is 4.23. The van der Waals surface area contributed by atoms with Crippen molar-refractivity contribution in [1.82, 2.24) is 0 Å². The molecule has 2 aromatic rings. The predicted octanol–water partition coefficient (Wildman–Crippen LogP) is 3.25. The third kappa shape index (κ3) is 3.33. The molecule has 5 heteroatoms. The van der Waals surface area contributed by atoms with Gasteiger partial charge in [-0.2, -0.15) is 0 Å². The molecule has 2 aromatic carbocycles. The average molecular weight is 283 g/mol. The van der Waals surface area contributed by atoms with Crippen LogP contribution in [0.15, 0.2) is 54.6 Å². The number of nitro groups is 1. The number of ether oxygens (including phenoxy) is 1. The van der Waals surface area contributed by atoms with Gasteiger partial charge in [-0.15, -0.1) is 0 Å². The van der Waals surface area contributed by atoms with Gasteiger partial charge in [0.15, 0.2) is 0 Å². The molecule has 106 valence electrons. The maximum atomic E-state index is 11.7. The Balaban J connectivity index is 2.57. The van der Waals surface area contributed by atoms with Gasteiger partial charge in [-0.1, -0.05) is 42.5 Å². The largest absolute Gasteiger partial charge is 0.465 e. The van der Waals surface area contributed by atoms with Crippen molar-refractivity contribution in [2.45, 2.75) is 0 Å². The fraction of sp³-hybridized carbons (Fsp3) is 0.0625. The Labute approximate surface area is 121 Å². The number of benzene rings is 2. The molecule has 0 fully saturated rings. The predicted molar refractivity (Wildman–Crippen MR) is 79.1 cm³/mol. The van der Waals surface area contributed by atoms with Gasteiger partial charge in [-0.3, -0.25) is 10.1 Å². The van der Waals surface area contributed by atoms with E-state index in [2.05, 4.69) is 4.74 Å². The van der Waals surface area contributed by atoms with E-state index >= 15 is 0 Å². The van der Waals surface area contributed by atoms with Gasteiger partial charge < -0.3 is 4.74 Å². The van der Waals surface area contributed by atoms with Crippen LogP contribution >= 0.6 is 0 Å². The van der Waals surface area contributed by atoms with Gasteiger partial charge in [0.1, 0.15) is 0 Å². The SMILES string of the molecule is COC(=O)c1ccccc1C(=Cc1ccccc1)[N+](=O)[O-]. The summed E-state index contributed by atoms with van der Waals surface area (Å²) in [5, 5.41) is 11.4. The summed E-state index contributed by atoms with van der Waals surface area (Å²) in [5.41, 5.74) is 0.933. The molecule has 2 rings (SSSR count). The van der Waals surface area contributed by atoms with Crippen LogP contribution in [0, 0.1) is 10.1 Å². The number of carbonyl (C=O) groups excluding carboxylic acids is 1. The minimum absolute atomic E-state index is 0.151. The normalized spacial score (nSPS) is 11.0. The number of esters is 1. The molecule has 0 N–H and O–H groups in total. The van der Waals surface area contributed by atoms with Crippen LogP contribution in [-0.2, 0) is 4.74 Å². The smallest absolute Gasteiger partial charge is 0.338 e. The Hall–Kier alpha value is -2.95. The summed E-state index contributed by atoms with van der Waals surface area (Å²) in [6, 6.07) is 15.2. The molecule has 0 unspecified atom stereocenters. The number of nitrogens with zero attached hydrogens (tertiary/aromatic N) is 1. The van der Waals surface area contributed by atoms with Crippen LogP contribution in [-0.4, -0.2) is 18.0 Å². The van der Waals surface area contributed by atoms with E-state index in [9.17, 15) is 14.9 Å². The van der Waals surface area contributed by atoms with Gasteiger partial charge in [0.2, 0.25) is 0 Å². The van der Waals surface area contributed by atoms with Crippen molar-refractivity contribution in [3.8, 4) is 0 Å². The third-order valence-electron chi connectivity index (χ3n) is 2.91. The van der Waals surface area contributed by atoms with Crippen molar-refractivity contribution >= 4 is 17.7 Å². The molecule has 0 saturated heterocycles. The molecule has 0 aliphatic heterocycles. The highest BCUT2D eigenvalue weighted by Crippen LogP contribution is 2.23. The molecule has 0 saturated carbocycles. The van der Waals surface area contributed by atoms with Gasteiger partial charge in [-0.05, 0) is 17.7 Å². The van der Waals surface area contributed by atoms with Crippen molar-refractivity contribution < 1.29 is 14.5 Å². The maximum absolute atomic E-state index is 11.7. The Bertz CT molecular complexity index is 692. The maximum Gasteiger partial charge on any atom is 0.338 e. The van der Waals surface area contributed by atoms with E-state index in [4.69, 9.17) is 0 Å². The van der Waals surface area contributed by atoms with Crippen LogP contribution in [0.2, 0.25) is 0 Å². The van der Waals surface area contributed by atoms with E-state index < -0.39 is 10.9 Å². The topological polar surface area (TPSA) is 69.4 Å². The molecule has 21 heavy (non-hydrogen) atoms. The number of hydrogen-bond acceptors (Lipinski definition) is 4. The molecule has 0 radical (unpaired) electrons. The molecule has 0 atom stereocenters. The highest BCUT2D eigenvalue weighted by Gasteiger charge is 2.22. The Morgan fingerprint density at radius 3 is 2.19 bits per heavy atom. The van der Waals surface area contributed by atoms with Gasteiger partial charge in [-0.25, -0.2) is 4.79 Å². The Morgan fingerprint density at radius 2 is 1.62 bits per heavy atom. The minimum atomic E-state index is -0.605. The van der Waals surface area contributed by atoms with Gasteiger partial charge >= 0.3 is 5.97 Å². The minimum Gasteiger partial charge on any atom is -0.465 e. The molecule has 0 heterocycles. The first-order valence-electron chi connectivity index (χ1n) is 6.22. The van der Waals surface area contributed by atoms with Crippen molar-refractivity contribution in [1.29, 1.82) is 0 Å². The number of methoxy groups -OCH3 is 1. The number of carbonyl (C=O) groups is 1. The van der Waals surface area contributed by atoms with Crippen LogP contribution in [0.25, 0.3) is 11.8 Å². The lowest BCUT2D eigenvalue weighted by atomic mass is 10.0. The second kappa shape index (κ2) is 6.47. The Morgan fingerprint density at radius 1 is 1.05 bits per heavy atom. The van der Waals surface area contributed by atoms with Crippen molar-refractivity contribution in [3.63, 3.8) is 0 Å². The summed E-state index contributed by atoms with van der Waals surface area (Å²) in [5.74, 6) is -0.605. The highest BCUT2D eigenvalue weighted by molar-refractivity contribution is 5.96. The number of hydrogen-bond donors (Lipinski definition) is 0. The van der Waals surface area contributed by atoms with E-state index in [0.29, 0.717) is 5.56 Å². The van der Waals surface area contributed by atoms with Crippen LogP contribution in [0.1, 0.15) is 21.5 Å². The molecule has 0 aliphatic rings. The van der Waals surface area contributed by atoms with Crippen LogP contribution in [0.4, 0.5) is 0 Å². The lowest BCUT2D eigenvalue weighted by molar-refractivity contribution is -0.374. The zero-order valence-corrected chi connectivity index (χ0v) is 11.4. The molecule has 5 nitrogen and oxygen atoms in total. The van der Waals surface area contributed by atoms with Gasteiger partial charge in [0.25, 0.3) is 5.70 Å². The molecule has 0 bridgehead atoms. The summed E-state index contributed by atoms with van der Waals surface area (Å²) >= 11 is 0. The monoisotopic (exact) mass is 283 g/mol. The van der Waals surface area contributed by atoms with Crippen molar-refractivity contribution in [2.24, 2.45) is 0 Å². The van der Waals surface area contributed by atoms with Crippen LogP contribution in [0.5, 0.6) is 0 Å². The summed E-state index contributed by atoms with van der Waals surface area (Å²) in [6.45, 7) is 0. The third-order valence-corrected chi connectivity index (χ3v) is 2.91. The molecule has 0 aliphatic carbocycles. The van der Waals surface area contributed by atoms with Crippen molar-refractivity contribution in [2.75, 3.05) is 7.11 Å². The second-order valence-corrected chi connectivity index (χ2v) is 4.23. The average Bonchev–Trinajstić information content (AvgIpc) is 2.52. The first-order valence-corrected chi connectivity index (χ1v) is 6.22. The highest BCUT2D eigenvalue weighted by atomic mass is 16.6. The molecular formula is C16H13NO4. The fourth-order valence-corrected chi connectivity index (χ4v) is 1.93. The van der Waals surface area contributed by atoms with Gasteiger partial charge in [0.05, 0.1) is 23.2 Å². The standard InChI is InChI=1S/C16H13NO4/c1-21-16(18)14-10-6-5-9-13(14)15(17(19)20)11-12-7-3-2-4-8-12/h2-11H,1H3. The van der Waals surface area contributed by atoms with Crippen molar-refractivity contribution in [3.05, 3.63) is 81.4 Å². The zero-order chi connectivity index (χ0) is 15.2. The van der Waals surface area contributed by atoms with E-state index in [1.807, 2.05) is 6.07 Å². The van der Waals surface area contributed by atoms with E-state index in [-0.39, 0.29) is 16.8 Å². The summed E-state index contributed by atoms with van der Waals surface area (Å²) in [6.07, 6.45) is 1.43. The summed E-state index contributed by atoms with van der Waals surface area (Å²) < 4.78 is 4.67. The van der Waals surface area contributed by atoms with Gasteiger partial charge in [0, 0.05) is 6.08 Å².